The van der Waals surface area contributed by atoms with Gasteiger partial charge in [0.25, 0.3) is 0 Å². The highest BCUT2D eigenvalue weighted by molar-refractivity contribution is 5.61. The molecule has 6 nitrogen and oxygen atoms in total. The Balaban J connectivity index is 2.26. The first-order valence-corrected chi connectivity index (χ1v) is 8.38. The third kappa shape index (κ3) is 2.06. The fraction of sp³-hybridized carbons (Fsp3) is 0.500. The number of fused-ring (bicyclic) bond motifs is 3. The third-order valence-electron chi connectivity index (χ3n) is 5.96. The number of phenols is 1. The number of nitrogens with one attached hydrogen (secondary N) is 1. The zero-order chi connectivity index (χ0) is 17.5. The minimum absolute atomic E-state index is 0.0434. The van der Waals surface area contributed by atoms with E-state index in [0.29, 0.717) is 13.0 Å². The molecule has 2 aliphatic carbocycles. The lowest BCUT2D eigenvalue weighted by Gasteiger charge is -2.57. The predicted octanol–water partition coefficient (Wildman–Crippen LogP) is 1.80. The van der Waals surface area contributed by atoms with Crippen LogP contribution in [0.4, 0.5) is 0 Å². The van der Waals surface area contributed by atoms with E-state index in [-0.39, 0.29) is 17.5 Å². The average molecular weight is 330 g/mol. The molecule has 2 aliphatic rings. The topological polar surface area (TPSA) is 109 Å². The van der Waals surface area contributed by atoms with Crippen LogP contribution >= 0.6 is 0 Å². The molecular formula is C18H26N4O2. The summed E-state index contributed by atoms with van der Waals surface area (Å²) in [5.41, 5.74) is 7.68. The van der Waals surface area contributed by atoms with Gasteiger partial charge in [-0.25, -0.2) is 0 Å². The Hall–Kier alpha value is -2.05. The van der Waals surface area contributed by atoms with Crippen LogP contribution in [0, 0.1) is 5.41 Å². The van der Waals surface area contributed by atoms with Crippen molar-refractivity contribution in [3.05, 3.63) is 35.4 Å². The van der Waals surface area contributed by atoms with Crippen LogP contribution in [0.3, 0.4) is 0 Å². The highest BCUT2D eigenvalue weighted by Crippen LogP contribution is 2.54. The maximum atomic E-state index is 10.7. The van der Waals surface area contributed by atoms with E-state index in [2.05, 4.69) is 19.1 Å². The van der Waals surface area contributed by atoms with Gasteiger partial charge >= 0.3 is 0 Å². The van der Waals surface area contributed by atoms with E-state index in [1.54, 1.807) is 6.07 Å². The normalized spacial score (nSPS) is 31.1. The molecule has 24 heavy (non-hydrogen) atoms. The van der Waals surface area contributed by atoms with Crippen molar-refractivity contribution in [1.29, 1.82) is 5.41 Å². The summed E-state index contributed by atoms with van der Waals surface area (Å²) in [5.74, 6) is 5.65. The van der Waals surface area contributed by atoms with E-state index in [0.717, 1.165) is 24.0 Å². The number of aromatic hydroxyl groups is 1. The maximum Gasteiger partial charge on any atom is 0.188 e. The van der Waals surface area contributed by atoms with Crippen molar-refractivity contribution in [3.63, 3.8) is 0 Å². The van der Waals surface area contributed by atoms with Gasteiger partial charge in [0.2, 0.25) is 0 Å². The van der Waals surface area contributed by atoms with Crippen molar-refractivity contribution in [2.24, 2.45) is 11.6 Å². The monoisotopic (exact) mass is 330 g/mol. The van der Waals surface area contributed by atoms with Crippen molar-refractivity contribution >= 4 is 6.34 Å². The van der Waals surface area contributed by atoms with Gasteiger partial charge in [0.05, 0.1) is 17.9 Å². The molecule has 1 aromatic carbocycles. The first kappa shape index (κ1) is 16.8. The number of benzene rings is 1. The van der Waals surface area contributed by atoms with Gasteiger partial charge < -0.3 is 20.6 Å². The lowest BCUT2D eigenvalue weighted by molar-refractivity contribution is 0.123. The van der Waals surface area contributed by atoms with Crippen LogP contribution in [0.25, 0.3) is 0 Å². The SMILES string of the molecule is CCN(C=N)C1Cc2ccc(ON)c(O)c2[C@@]2(C)CCC=C[C@@]12N. The van der Waals surface area contributed by atoms with E-state index >= 15 is 0 Å². The lowest BCUT2D eigenvalue weighted by atomic mass is 9.54. The summed E-state index contributed by atoms with van der Waals surface area (Å²) in [6, 6.07) is 3.60. The van der Waals surface area contributed by atoms with Gasteiger partial charge in [-0.05, 0) is 37.8 Å². The molecule has 0 saturated heterocycles. The number of likely N-dealkylation sites (N-methyl/N-ethyl adjacent to an activating group) is 1. The molecule has 1 unspecified atom stereocenters. The number of hydrogen-bond acceptors (Lipinski definition) is 5. The molecule has 3 rings (SSSR count). The molecule has 1 aromatic rings. The van der Waals surface area contributed by atoms with E-state index in [1.165, 1.54) is 6.34 Å². The van der Waals surface area contributed by atoms with Crippen LogP contribution in [0.2, 0.25) is 0 Å². The van der Waals surface area contributed by atoms with Crippen LogP contribution in [0.1, 0.15) is 37.8 Å². The van der Waals surface area contributed by atoms with Crippen LogP contribution in [0.15, 0.2) is 24.3 Å². The van der Waals surface area contributed by atoms with Gasteiger partial charge in [0.15, 0.2) is 11.5 Å². The van der Waals surface area contributed by atoms with Crippen molar-refractivity contribution in [2.45, 2.75) is 50.1 Å². The molecular weight excluding hydrogens is 304 g/mol. The summed E-state index contributed by atoms with van der Waals surface area (Å²) < 4.78 is 0. The predicted molar refractivity (Wildman–Crippen MR) is 94.2 cm³/mol. The standard InChI is InChI=1S/C18H26N4O2/c1-3-22(11-19)14-10-12-6-7-13(24-21)16(23)15(12)17(2)8-4-5-9-18(14,17)20/h5-7,9,11,14,19,23H,3-4,8,10,20-21H2,1-2H3/t14?,17-,18-/m1/s1. The van der Waals surface area contributed by atoms with E-state index in [4.69, 9.17) is 21.9 Å². The second kappa shape index (κ2) is 5.79. The third-order valence-corrected chi connectivity index (χ3v) is 5.96. The molecule has 0 spiro atoms. The number of nitrogens with two attached hydrogens (primary N) is 2. The molecule has 0 radical (unpaired) electrons. The number of rotatable bonds is 4. The number of nitrogens with zero attached hydrogens (tertiary/aromatic N) is 1. The summed E-state index contributed by atoms with van der Waals surface area (Å²) in [6.07, 6.45) is 7.91. The molecule has 0 amide bonds. The van der Waals surface area contributed by atoms with E-state index in [9.17, 15) is 5.11 Å². The Bertz CT molecular complexity index is 690. The highest BCUT2D eigenvalue weighted by Gasteiger charge is 2.57. The number of phenolic OH excluding ortho intramolecular Hbond substituents is 1. The largest absolute Gasteiger partial charge is 0.504 e. The summed E-state index contributed by atoms with van der Waals surface area (Å²) in [6.45, 7) is 4.83. The first-order valence-electron chi connectivity index (χ1n) is 8.38. The molecule has 130 valence electrons. The van der Waals surface area contributed by atoms with Crippen LogP contribution < -0.4 is 16.5 Å². The van der Waals surface area contributed by atoms with Crippen LogP contribution in [-0.4, -0.2) is 34.5 Å². The summed E-state index contributed by atoms with van der Waals surface area (Å²) in [5, 5.41) is 18.5. The summed E-state index contributed by atoms with van der Waals surface area (Å²) in [4.78, 5) is 6.80. The Morgan fingerprint density at radius 3 is 2.88 bits per heavy atom. The molecule has 3 atom stereocenters. The number of allylic oxidation sites excluding steroid dienone is 1. The Morgan fingerprint density at radius 1 is 1.50 bits per heavy atom. The molecule has 6 N–H and O–H groups in total. The minimum atomic E-state index is -0.684. The zero-order valence-corrected chi connectivity index (χ0v) is 14.2. The summed E-state index contributed by atoms with van der Waals surface area (Å²) >= 11 is 0. The van der Waals surface area contributed by atoms with Gasteiger partial charge in [-0.3, -0.25) is 5.41 Å². The van der Waals surface area contributed by atoms with Crippen molar-refractivity contribution < 1.29 is 9.94 Å². The molecule has 0 heterocycles. The molecule has 0 aliphatic heterocycles. The van der Waals surface area contributed by atoms with Crippen LogP contribution in [-0.2, 0) is 11.8 Å². The van der Waals surface area contributed by atoms with Crippen molar-refractivity contribution in [3.8, 4) is 11.5 Å². The Morgan fingerprint density at radius 2 is 2.25 bits per heavy atom. The van der Waals surface area contributed by atoms with E-state index < -0.39 is 11.0 Å². The minimum Gasteiger partial charge on any atom is -0.504 e. The zero-order valence-electron chi connectivity index (χ0n) is 14.2. The highest BCUT2D eigenvalue weighted by atomic mass is 16.6. The second-order valence-electron chi connectivity index (χ2n) is 6.95. The number of hydrogen-bond donors (Lipinski definition) is 4. The molecule has 0 saturated carbocycles. The van der Waals surface area contributed by atoms with Crippen molar-refractivity contribution in [2.75, 3.05) is 6.54 Å². The van der Waals surface area contributed by atoms with Gasteiger partial charge in [-0.15, -0.1) is 0 Å². The molecule has 0 aromatic heterocycles. The average Bonchev–Trinajstić information content (AvgIpc) is 2.57. The summed E-state index contributed by atoms with van der Waals surface area (Å²) in [7, 11) is 0. The van der Waals surface area contributed by atoms with Crippen molar-refractivity contribution in [1.82, 2.24) is 4.90 Å². The Kier molecular flexibility index (Phi) is 4.05. The van der Waals surface area contributed by atoms with E-state index in [1.807, 2.05) is 17.9 Å². The van der Waals surface area contributed by atoms with Gasteiger partial charge in [0, 0.05) is 17.5 Å². The quantitative estimate of drug-likeness (QED) is 0.291. The molecule has 6 heteroatoms. The Labute approximate surface area is 142 Å². The smallest absolute Gasteiger partial charge is 0.188 e. The lowest BCUT2D eigenvalue weighted by Crippen LogP contribution is -2.70. The van der Waals surface area contributed by atoms with Gasteiger partial charge in [-0.2, -0.15) is 5.90 Å². The van der Waals surface area contributed by atoms with Gasteiger partial charge in [-0.1, -0.05) is 25.1 Å². The fourth-order valence-corrected chi connectivity index (χ4v) is 4.54. The van der Waals surface area contributed by atoms with Gasteiger partial charge in [0.1, 0.15) is 0 Å². The fourth-order valence-electron chi connectivity index (χ4n) is 4.54. The molecule has 0 fully saturated rings. The first-order chi connectivity index (χ1) is 11.4. The molecule has 0 bridgehead atoms. The maximum absolute atomic E-state index is 10.7. The second-order valence-corrected chi connectivity index (χ2v) is 6.95. The van der Waals surface area contributed by atoms with Crippen LogP contribution in [0.5, 0.6) is 11.5 Å².